The SMILES string of the molecule is CC(=O)O[C@@H]1C(COP(=O)(OCOC(=O)C(C)(C)C)OCOC(=O)C(C)(C)C)NC(c2c[nH]c3c(=O)[nH]cnc23)[C@@H]1OC(C)=O. The minimum Gasteiger partial charge on any atom is -0.457 e. The molecule has 17 nitrogen and oxygen atoms in total. The van der Waals surface area contributed by atoms with Gasteiger partial charge in [-0.1, -0.05) is 0 Å². The summed E-state index contributed by atoms with van der Waals surface area (Å²) in [6.07, 6.45) is 0.335. The molecule has 0 saturated carbocycles. The largest absolute Gasteiger partial charge is 0.480 e. The first-order valence-electron chi connectivity index (χ1n) is 13.9. The van der Waals surface area contributed by atoms with Gasteiger partial charge in [0.1, 0.15) is 11.0 Å². The second-order valence-electron chi connectivity index (χ2n) is 12.2. The van der Waals surface area contributed by atoms with Crippen molar-refractivity contribution in [3.05, 3.63) is 28.4 Å². The van der Waals surface area contributed by atoms with Crippen LogP contribution in [0.25, 0.3) is 11.0 Å². The zero-order valence-electron chi connectivity index (χ0n) is 26.3. The van der Waals surface area contributed by atoms with E-state index in [1.807, 2.05) is 0 Å². The summed E-state index contributed by atoms with van der Waals surface area (Å²) < 4.78 is 50.7. The number of ether oxygens (including phenoxy) is 4. The summed E-state index contributed by atoms with van der Waals surface area (Å²) in [6, 6.07) is -1.90. The van der Waals surface area contributed by atoms with Crippen molar-refractivity contribution in [1.29, 1.82) is 0 Å². The van der Waals surface area contributed by atoms with Crippen molar-refractivity contribution in [2.24, 2.45) is 10.8 Å². The third-order valence-corrected chi connectivity index (χ3v) is 7.63. The number of nitrogens with one attached hydrogen (secondary N) is 3. The Hall–Kier alpha value is -3.63. The molecule has 1 aliphatic rings. The number of rotatable bonds is 12. The van der Waals surface area contributed by atoms with E-state index in [2.05, 4.69) is 20.3 Å². The van der Waals surface area contributed by atoms with Gasteiger partial charge < -0.3 is 28.9 Å². The fourth-order valence-corrected chi connectivity index (χ4v) is 5.06. The molecular weight excluding hydrogens is 619 g/mol. The quantitative estimate of drug-likeness (QED) is 0.129. The zero-order chi connectivity index (χ0) is 33.7. The average Bonchev–Trinajstić information content (AvgIpc) is 3.48. The Labute approximate surface area is 258 Å². The summed E-state index contributed by atoms with van der Waals surface area (Å²) in [4.78, 5) is 70.4. The molecule has 1 aliphatic heterocycles. The Morgan fingerprint density at radius 3 is 1.89 bits per heavy atom. The van der Waals surface area contributed by atoms with Gasteiger partial charge in [-0.25, -0.2) is 18.6 Å². The van der Waals surface area contributed by atoms with E-state index in [1.165, 1.54) is 12.5 Å². The van der Waals surface area contributed by atoms with Crippen LogP contribution in [0.5, 0.6) is 0 Å². The van der Waals surface area contributed by atoms with Gasteiger partial charge >= 0.3 is 31.7 Å². The van der Waals surface area contributed by atoms with Gasteiger partial charge in [-0.3, -0.25) is 33.8 Å². The molecule has 0 aromatic carbocycles. The van der Waals surface area contributed by atoms with E-state index < -0.39 is 92.6 Å². The maximum atomic E-state index is 13.6. The van der Waals surface area contributed by atoms with E-state index in [0.29, 0.717) is 5.56 Å². The third kappa shape index (κ3) is 9.43. The predicted octanol–water partition coefficient (Wildman–Crippen LogP) is 2.38. The maximum Gasteiger partial charge on any atom is 0.480 e. The van der Waals surface area contributed by atoms with E-state index in [1.54, 1.807) is 41.5 Å². The van der Waals surface area contributed by atoms with Crippen LogP contribution in [0, 0.1) is 10.8 Å². The summed E-state index contributed by atoms with van der Waals surface area (Å²) in [5.41, 5.74) is -1.42. The van der Waals surface area contributed by atoms with Crippen LogP contribution in [-0.4, -0.2) is 77.3 Å². The van der Waals surface area contributed by atoms with Crippen molar-refractivity contribution < 1.29 is 56.3 Å². The van der Waals surface area contributed by atoms with Crippen LogP contribution in [0.1, 0.15) is 67.0 Å². The molecule has 2 unspecified atom stereocenters. The monoisotopic (exact) mass is 658 g/mol. The minimum absolute atomic E-state index is 0.153. The normalized spacial score (nSPS) is 20.5. The topological polar surface area (TPSA) is 224 Å². The molecule has 1 fully saturated rings. The molecule has 2 aromatic rings. The number of hydrogen-bond donors (Lipinski definition) is 3. The maximum absolute atomic E-state index is 13.6. The molecule has 250 valence electrons. The van der Waals surface area contributed by atoms with Gasteiger partial charge in [0.05, 0.1) is 35.8 Å². The molecule has 1 saturated heterocycles. The average molecular weight is 659 g/mol. The highest BCUT2D eigenvalue weighted by Crippen LogP contribution is 2.50. The van der Waals surface area contributed by atoms with Crippen molar-refractivity contribution in [2.75, 3.05) is 20.2 Å². The minimum atomic E-state index is -4.63. The standard InChI is InChI=1S/C27H39N4O13P/c1-14(32)43-21-17(31-19(22(21)44-15(2)33)16-9-28-20-18(16)29-11-30-23(20)34)10-40-45(37,41-12-38-24(35)26(3,4)5)42-13-39-25(36)27(6,7)8/h9,11,17,19,21-22,28,31H,10,12-13H2,1-8H3,(H,29,30,34)/t17?,19?,21-,22+/m1/s1. The first kappa shape index (κ1) is 35.8. The molecule has 0 amide bonds. The van der Waals surface area contributed by atoms with Crippen LogP contribution in [-0.2, 0) is 56.3 Å². The molecule has 4 atom stereocenters. The molecule has 3 heterocycles. The van der Waals surface area contributed by atoms with Crippen molar-refractivity contribution in [2.45, 2.75) is 79.7 Å². The summed E-state index contributed by atoms with van der Waals surface area (Å²) in [5.74, 6) is -2.76. The molecule has 3 N–H and O–H groups in total. The van der Waals surface area contributed by atoms with Crippen LogP contribution in [0.2, 0.25) is 0 Å². The number of phosphoric acid groups is 1. The molecule has 45 heavy (non-hydrogen) atoms. The van der Waals surface area contributed by atoms with Gasteiger partial charge in [-0.2, -0.15) is 0 Å². The second kappa shape index (κ2) is 14.2. The number of H-pyrrole nitrogens is 2. The van der Waals surface area contributed by atoms with Gasteiger partial charge in [-0.15, -0.1) is 0 Å². The Morgan fingerprint density at radius 1 is 0.844 bits per heavy atom. The number of phosphoric ester groups is 1. The van der Waals surface area contributed by atoms with Crippen LogP contribution in [0.4, 0.5) is 0 Å². The molecule has 3 rings (SSSR count). The summed E-state index contributed by atoms with van der Waals surface area (Å²) in [6.45, 7) is 9.71. The number of aromatic nitrogens is 3. The van der Waals surface area contributed by atoms with E-state index in [9.17, 15) is 28.5 Å². The van der Waals surface area contributed by atoms with Crippen molar-refractivity contribution in [3.8, 4) is 0 Å². The summed E-state index contributed by atoms with van der Waals surface area (Å²) in [7, 11) is -4.63. The molecular formula is C27H39N4O13P. The van der Waals surface area contributed by atoms with Crippen molar-refractivity contribution in [1.82, 2.24) is 20.3 Å². The lowest BCUT2D eigenvalue weighted by Gasteiger charge is -2.25. The van der Waals surface area contributed by atoms with E-state index in [4.69, 9.17) is 32.5 Å². The molecule has 0 bridgehead atoms. The third-order valence-electron chi connectivity index (χ3n) is 6.32. The lowest BCUT2D eigenvalue weighted by atomic mass is 9.98. The second-order valence-corrected chi connectivity index (χ2v) is 13.9. The molecule has 0 aliphatic carbocycles. The van der Waals surface area contributed by atoms with E-state index in [-0.39, 0.29) is 11.0 Å². The molecule has 0 radical (unpaired) electrons. The number of carbonyl (C=O) groups is 4. The van der Waals surface area contributed by atoms with Crippen molar-refractivity contribution >= 4 is 42.7 Å². The summed E-state index contributed by atoms with van der Waals surface area (Å²) >= 11 is 0. The number of fused-ring (bicyclic) bond motifs is 1. The Morgan fingerprint density at radius 2 is 1.38 bits per heavy atom. The van der Waals surface area contributed by atoms with Crippen LogP contribution in [0.15, 0.2) is 17.3 Å². The highest BCUT2D eigenvalue weighted by molar-refractivity contribution is 7.48. The summed E-state index contributed by atoms with van der Waals surface area (Å²) in [5, 5.41) is 3.12. The van der Waals surface area contributed by atoms with Gasteiger partial charge in [-0.05, 0) is 41.5 Å². The zero-order valence-corrected chi connectivity index (χ0v) is 27.2. The van der Waals surface area contributed by atoms with Gasteiger partial charge in [0.2, 0.25) is 13.6 Å². The molecule has 18 heteroatoms. The van der Waals surface area contributed by atoms with Crippen LogP contribution >= 0.6 is 7.82 Å². The fourth-order valence-electron chi connectivity index (χ4n) is 4.13. The highest BCUT2D eigenvalue weighted by Gasteiger charge is 2.50. The lowest BCUT2D eigenvalue weighted by molar-refractivity contribution is -0.165. The lowest BCUT2D eigenvalue weighted by Crippen LogP contribution is -2.41. The Bertz CT molecular complexity index is 1470. The fraction of sp³-hybridized carbons (Fsp3) is 0.630. The van der Waals surface area contributed by atoms with Gasteiger partial charge in [0, 0.05) is 25.6 Å². The van der Waals surface area contributed by atoms with Crippen LogP contribution in [0.3, 0.4) is 0 Å². The Balaban J connectivity index is 1.87. The van der Waals surface area contributed by atoms with E-state index >= 15 is 0 Å². The first-order chi connectivity index (χ1) is 20.8. The first-order valence-corrected chi connectivity index (χ1v) is 15.3. The number of carbonyl (C=O) groups excluding carboxylic acids is 4. The Kier molecular flexibility index (Phi) is 11.3. The molecule has 0 spiro atoms. The smallest absolute Gasteiger partial charge is 0.457 e. The predicted molar refractivity (Wildman–Crippen MR) is 154 cm³/mol. The van der Waals surface area contributed by atoms with Crippen molar-refractivity contribution in [3.63, 3.8) is 0 Å². The van der Waals surface area contributed by atoms with Gasteiger partial charge in [0.25, 0.3) is 5.56 Å². The number of esters is 4. The number of nitrogens with zero attached hydrogens (tertiary/aromatic N) is 1. The van der Waals surface area contributed by atoms with Gasteiger partial charge in [0.15, 0.2) is 12.2 Å². The highest BCUT2D eigenvalue weighted by atomic mass is 31.2. The van der Waals surface area contributed by atoms with Crippen LogP contribution < -0.4 is 10.9 Å². The number of hydrogen-bond acceptors (Lipinski definition) is 15. The molecule has 2 aromatic heterocycles. The van der Waals surface area contributed by atoms with E-state index in [0.717, 1.165) is 13.8 Å². The number of aromatic amines is 2.